The summed E-state index contributed by atoms with van der Waals surface area (Å²) in [6, 6.07) is 5.37. The summed E-state index contributed by atoms with van der Waals surface area (Å²) in [5, 5.41) is 21.8. The molecule has 0 radical (unpaired) electrons. The summed E-state index contributed by atoms with van der Waals surface area (Å²) in [6.45, 7) is 0. The number of H-pyrrole nitrogens is 2. The number of aromatic nitrogens is 3. The molecule has 10 nitrogen and oxygen atoms in total. The fourth-order valence-corrected chi connectivity index (χ4v) is 1.06. The number of hydrogen-bond acceptors (Lipinski definition) is 8. The van der Waals surface area contributed by atoms with E-state index in [-0.39, 0.29) is 0 Å². The summed E-state index contributed by atoms with van der Waals surface area (Å²) in [4.78, 5) is 38.1. The van der Waals surface area contributed by atoms with Crippen molar-refractivity contribution in [3.63, 3.8) is 0 Å². The van der Waals surface area contributed by atoms with Crippen LogP contribution in [0.4, 0.5) is 5.69 Å². The molecule has 0 bridgehead atoms. The number of nitrogens with zero attached hydrogens (tertiary/aromatic N) is 3. The molecule has 0 aliphatic carbocycles. The molecule has 10 heteroatoms. The number of rotatable bonds is 2. The van der Waals surface area contributed by atoms with Crippen LogP contribution in [0.25, 0.3) is 0 Å². The van der Waals surface area contributed by atoms with E-state index < -0.39 is 22.8 Å². The lowest BCUT2D eigenvalue weighted by atomic mass is 10.4. The summed E-state index contributed by atoms with van der Waals surface area (Å²) in [5.74, 6) is -0.825. The molecule has 0 unspecified atom stereocenters. The molecule has 0 spiro atoms. The summed E-state index contributed by atoms with van der Waals surface area (Å²) in [6.07, 6.45) is 2.91. The lowest BCUT2D eigenvalue weighted by Crippen LogP contribution is -2.20. The van der Waals surface area contributed by atoms with E-state index in [1.165, 1.54) is 6.21 Å². The van der Waals surface area contributed by atoms with Crippen molar-refractivity contribution in [1.82, 2.24) is 15.0 Å². The van der Waals surface area contributed by atoms with E-state index in [0.717, 1.165) is 0 Å². The first-order valence-electron chi connectivity index (χ1n) is 5.06. The maximum absolute atomic E-state index is 10.6. The molecular weight excluding hydrogens is 270 g/mol. The first-order chi connectivity index (χ1) is 9.58. The summed E-state index contributed by atoms with van der Waals surface area (Å²) >= 11 is 0. The minimum Gasteiger partial charge on any atom is -0.493 e. The molecule has 2 heterocycles. The standard InChI is InChI=1S/C6H6N2O.C4H3N3O4/c9-8-5-6-3-1-2-4-7-6;8-2-1(7-11)3(9)6-4(10)5-2/h1-5,9H;(H3,5,6,8,9,10)/b8-5-;. The number of aromatic amines is 2. The van der Waals surface area contributed by atoms with Gasteiger partial charge in [-0.15, -0.1) is 4.91 Å². The van der Waals surface area contributed by atoms with E-state index in [0.29, 0.717) is 5.69 Å². The van der Waals surface area contributed by atoms with E-state index in [4.69, 9.17) is 10.3 Å². The van der Waals surface area contributed by atoms with Gasteiger partial charge in [0.25, 0.3) is 5.56 Å². The van der Waals surface area contributed by atoms with Crippen LogP contribution in [-0.2, 0) is 0 Å². The van der Waals surface area contributed by atoms with Crippen molar-refractivity contribution in [1.29, 1.82) is 0 Å². The van der Waals surface area contributed by atoms with Gasteiger partial charge in [-0.05, 0) is 17.3 Å². The van der Waals surface area contributed by atoms with Crippen LogP contribution >= 0.6 is 0 Å². The van der Waals surface area contributed by atoms with Crippen LogP contribution in [-0.4, -0.2) is 31.5 Å². The van der Waals surface area contributed by atoms with E-state index >= 15 is 0 Å². The minimum absolute atomic E-state index is 0.653. The van der Waals surface area contributed by atoms with Crippen LogP contribution in [0.15, 0.2) is 44.3 Å². The molecule has 2 aromatic heterocycles. The first kappa shape index (κ1) is 14.8. The van der Waals surface area contributed by atoms with E-state index in [2.05, 4.69) is 15.3 Å². The first-order valence-corrected chi connectivity index (χ1v) is 5.06. The number of nitrogens with one attached hydrogen (secondary N) is 2. The number of oxime groups is 1. The van der Waals surface area contributed by atoms with Gasteiger partial charge >= 0.3 is 5.69 Å². The highest BCUT2D eigenvalue weighted by Gasteiger charge is 2.06. The van der Waals surface area contributed by atoms with E-state index in [9.17, 15) is 14.5 Å². The highest BCUT2D eigenvalue weighted by Crippen LogP contribution is 2.13. The van der Waals surface area contributed by atoms with Gasteiger partial charge in [0.1, 0.15) is 0 Å². The van der Waals surface area contributed by atoms with E-state index in [1.807, 2.05) is 6.07 Å². The largest absolute Gasteiger partial charge is 0.493 e. The van der Waals surface area contributed by atoms with Crippen LogP contribution in [0.1, 0.15) is 5.69 Å². The van der Waals surface area contributed by atoms with Gasteiger partial charge in [-0.2, -0.15) is 0 Å². The molecule has 0 amide bonds. The maximum Gasteiger partial charge on any atom is 0.328 e. The van der Waals surface area contributed by atoms with Gasteiger partial charge < -0.3 is 10.3 Å². The van der Waals surface area contributed by atoms with Crippen molar-refractivity contribution in [3.8, 4) is 5.88 Å². The van der Waals surface area contributed by atoms with Crippen molar-refractivity contribution in [2.45, 2.75) is 0 Å². The predicted molar refractivity (Wildman–Crippen MR) is 68.4 cm³/mol. The quantitative estimate of drug-likeness (QED) is 0.263. The fraction of sp³-hybridized carbons (Fsp3) is 0. The number of nitroso groups, excluding NO2 is 1. The van der Waals surface area contributed by atoms with Crippen molar-refractivity contribution < 1.29 is 10.3 Å². The van der Waals surface area contributed by atoms with Crippen LogP contribution < -0.4 is 11.2 Å². The monoisotopic (exact) mass is 279 g/mol. The normalized spacial score (nSPS) is 9.80. The average Bonchev–Trinajstić information content (AvgIpc) is 2.40. The molecule has 0 fully saturated rings. The van der Waals surface area contributed by atoms with Crippen molar-refractivity contribution >= 4 is 11.9 Å². The predicted octanol–water partition coefficient (Wildman–Crippen LogP) is 0.0564. The topological polar surface area (TPSA) is 161 Å². The molecule has 0 atom stereocenters. The fourth-order valence-electron chi connectivity index (χ4n) is 1.06. The summed E-state index contributed by atoms with van der Waals surface area (Å²) in [7, 11) is 0. The minimum atomic E-state index is -1.01. The molecule has 0 saturated heterocycles. The van der Waals surface area contributed by atoms with Crippen molar-refractivity contribution in [3.05, 3.63) is 55.8 Å². The van der Waals surface area contributed by atoms with Crippen LogP contribution in [0.3, 0.4) is 0 Å². The second-order valence-electron chi connectivity index (χ2n) is 3.20. The van der Waals surface area contributed by atoms with Gasteiger partial charge in [0.2, 0.25) is 11.6 Å². The molecule has 0 saturated carbocycles. The van der Waals surface area contributed by atoms with E-state index in [1.54, 1.807) is 28.3 Å². The average molecular weight is 279 g/mol. The molecule has 104 valence electrons. The Kier molecular flexibility index (Phi) is 5.32. The molecular formula is C10H9N5O5. The smallest absolute Gasteiger partial charge is 0.328 e. The van der Waals surface area contributed by atoms with Gasteiger partial charge in [0.05, 0.1) is 11.9 Å². The second-order valence-corrected chi connectivity index (χ2v) is 3.20. The Balaban J connectivity index is 0.000000204. The molecule has 0 aromatic carbocycles. The summed E-state index contributed by atoms with van der Waals surface area (Å²) in [5.41, 5.74) is -1.98. The lowest BCUT2D eigenvalue weighted by molar-refractivity contribution is 0.321. The highest BCUT2D eigenvalue weighted by atomic mass is 16.4. The Morgan fingerprint density at radius 2 is 2.00 bits per heavy atom. The van der Waals surface area contributed by atoms with Crippen molar-refractivity contribution in [2.75, 3.05) is 0 Å². The Morgan fingerprint density at radius 1 is 1.25 bits per heavy atom. The van der Waals surface area contributed by atoms with Crippen molar-refractivity contribution in [2.24, 2.45) is 10.3 Å². The van der Waals surface area contributed by atoms with Gasteiger partial charge in [0.15, 0.2) is 0 Å². The zero-order valence-corrected chi connectivity index (χ0v) is 9.85. The second kappa shape index (κ2) is 7.20. The van der Waals surface area contributed by atoms with Gasteiger partial charge in [-0.3, -0.25) is 19.7 Å². The Labute approximate surface area is 110 Å². The highest BCUT2D eigenvalue weighted by molar-refractivity contribution is 5.75. The number of pyridine rings is 1. The molecule has 2 rings (SSSR count). The van der Waals surface area contributed by atoms with Crippen LogP contribution in [0.2, 0.25) is 0 Å². The van der Waals surface area contributed by atoms with Gasteiger partial charge in [-0.1, -0.05) is 11.2 Å². The maximum atomic E-state index is 10.6. The third-order valence-corrected chi connectivity index (χ3v) is 1.87. The lowest BCUT2D eigenvalue weighted by Gasteiger charge is -1.90. The zero-order valence-electron chi connectivity index (χ0n) is 9.85. The molecule has 4 N–H and O–H groups in total. The zero-order chi connectivity index (χ0) is 15.0. The third-order valence-electron chi connectivity index (χ3n) is 1.87. The molecule has 20 heavy (non-hydrogen) atoms. The van der Waals surface area contributed by atoms with Gasteiger partial charge in [-0.25, -0.2) is 4.79 Å². The Hall–Kier alpha value is -3.30. The SMILES string of the molecule is O/N=C\c1ccccn1.O=Nc1c(O)[nH]c(=O)[nH]c1=O. The Bertz CT molecular complexity index is 706. The molecule has 2 aromatic rings. The molecule has 0 aliphatic rings. The third kappa shape index (κ3) is 4.18. The van der Waals surface area contributed by atoms with Crippen LogP contribution in [0, 0.1) is 4.91 Å². The molecule has 0 aliphatic heterocycles. The summed E-state index contributed by atoms with van der Waals surface area (Å²) < 4.78 is 0. The van der Waals surface area contributed by atoms with Gasteiger partial charge in [0, 0.05) is 6.20 Å². The number of hydrogen-bond donors (Lipinski definition) is 4. The Morgan fingerprint density at radius 3 is 2.50 bits per heavy atom. The van der Waals surface area contributed by atoms with Crippen LogP contribution in [0.5, 0.6) is 5.88 Å². The number of aromatic hydroxyl groups is 1.